The van der Waals surface area contributed by atoms with Crippen LogP contribution >= 0.6 is 11.8 Å². The summed E-state index contributed by atoms with van der Waals surface area (Å²) in [5.74, 6) is 0.330. The molecule has 0 atom stereocenters. The van der Waals surface area contributed by atoms with Crippen molar-refractivity contribution in [2.24, 2.45) is 10.1 Å². The van der Waals surface area contributed by atoms with E-state index in [1.807, 2.05) is 36.4 Å². The van der Waals surface area contributed by atoms with Gasteiger partial charge < -0.3 is 14.4 Å². The molecule has 2 aromatic carbocycles. The molecule has 1 N–H and O–H groups in total. The van der Waals surface area contributed by atoms with Gasteiger partial charge in [-0.25, -0.2) is 0 Å². The first-order valence-corrected chi connectivity index (χ1v) is 11.5. The molecule has 0 radical (unpaired) electrons. The fourth-order valence-corrected chi connectivity index (χ4v) is 4.49. The second kappa shape index (κ2) is 9.21. The molecule has 9 heteroatoms. The Morgan fingerprint density at radius 3 is 2.55 bits per heavy atom. The van der Waals surface area contributed by atoms with Crippen LogP contribution in [0.15, 0.2) is 64.2 Å². The summed E-state index contributed by atoms with van der Waals surface area (Å²) in [6.45, 7) is 5.28. The van der Waals surface area contributed by atoms with Crippen LogP contribution in [0.3, 0.4) is 0 Å². The molecule has 0 saturated carbocycles. The summed E-state index contributed by atoms with van der Waals surface area (Å²) in [5.41, 5.74) is 3.31. The molecule has 0 bridgehead atoms. The largest absolute Gasteiger partial charge is 0.489 e. The number of hydrogen-bond acceptors (Lipinski definition) is 7. The zero-order chi connectivity index (χ0) is 22.8. The number of hydrogen-bond donors (Lipinski definition) is 1. The molecule has 1 fully saturated rings. The second-order valence-corrected chi connectivity index (χ2v) is 8.78. The number of morpholine rings is 1. The van der Waals surface area contributed by atoms with Crippen LogP contribution in [0.25, 0.3) is 6.08 Å². The molecule has 33 heavy (non-hydrogen) atoms. The number of ether oxygens (including phenoxy) is 2. The van der Waals surface area contributed by atoms with Crippen molar-refractivity contribution in [2.45, 2.75) is 13.5 Å². The minimum absolute atomic E-state index is 0.0282. The number of fused-ring (bicyclic) bond motifs is 1. The van der Waals surface area contributed by atoms with Crippen molar-refractivity contribution in [1.29, 1.82) is 5.41 Å². The van der Waals surface area contributed by atoms with E-state index < -0.39 is 5.91 Å². The van der Waals surface area contributed by atoms with Crippen LogP contribution in [0.4, 0.5) is 0 Å². The normalized spacial score (nSPS) is 19.5. The van der Waals surface area contributed by atoms with Crippen LogP contribution < -0.4 is 4.74 Å². The van der Waals surface area contributed by atoms with Crippen molar-refractivity contribution in [3.8, 4) is 5.75 Å². The lowest BCUT2D eigenvalue weighted by Gasteiger charge is -2.26. The fraction of sp³-hybridized carbons (Fsp3) is 0.250. The van der Waals surface area contributed by atoms with Crippen LogP contribution in [-0.2, 0) is 16.1 Å². The van der Waals surface area contributed by atoms with E-state index in [-0.39, 0.29) is 11.4 Å². The Balaban J connectivity index is 1.28. The molecule has 5 rings (SSSR count). The zero-order valence-corrected chi connectivity index (χ0v) is 19.0. The van der Waals surface area contributed by atoms with E-state index in [9.17, 15) is 4.79 Å². The summed E-state index contributed by atoms with van der Waals surface area (Å²) < 4.78 is 11.2. The minimum atomic E-state index is -0.433. The number of carbonyl (C=O) groups is 1. The lowest BCUT2D eigenvalue weighted by atomic mass is 10.1. The Hall–Kier alpha value is -3.43. The maximum absolute atomic E-state index is 12.6. The predicted molar refractivity (Wildman–Crippen MR) is 129 cm³/mol. The van der Waals surface area contributed by atoms with Gasteiger partial charge in [0.1, 0.15) is 12.4 Å². The number of aryl methyl sites for hydroxylation is 1. The molecule has 3 aliphatic heterocycles. The highest BCUT2D eigenvalue weighted by Crippen LogP contribution is 2.30. The van der Waals surface area contributed by atoms with Gasteiger partial charge in [0.05, 0.1) is 18.8 Å². The van der Waals surface area contributed by atoms with Gasteiger partial charge in [-0.05, 0) is 48.0 Å². The highest BCUT2D eigenvalue weighted by molar-refractivity contribution is 8.26. The minimum Gasteiger partial charge on any atom is -0.489 e. The summed E-state index contributed by atoms with van der Waals surface area (Å²) in [4.78, 5) is 18.9. The molecule has 1 saturated heterocycles. The third-order valence-corrected chi connectivity index (χ3v) is 6.41. The topological polar surface area (TPSA) is 90.6 Å². The van der Waals surface area contributed by atoms with Gasteiger partial charge in [0.2, 0.25) is 5.17 Å². The molecule has 3 aliphatic rings. The second-order valence-electron chi connectivity index (χ2n) is 7.85. The molecule has 0 spiro atoms. The molecule has 168 valence electrons. The van der Waals surface area contributed by atoms with E-state index in [0.29, 0.717) is 25.0 Å². The van der Waals surface area contributed by atoms with Crippen molar-refractivity contribution in [1.82, 2.24) is 9.91 Å². The lowest BCUT2D eigenvalue weighted by molar-refractivity contribution is -0.114. The third kappa shape index (κ3) is 4.69. The molecule has 3 heterocycles. The Bertz CT molecular complexity index is 1170. The smallest absolute Gasteiger partial charge is 0.283 e. The van der Waals surface area contributed by atoms with Gasteiger partial charge in [0, 0.05) is 13.1 Å². The van der Waals surface area contributed by atoms with Crippen molar-refractivity contribution >= 4 is 39.9 Å². The number of carbonyl (C=O) groups excluding carboxylic acids is 1. The first-order valence-electron chi connectivity index (χ1n) is 10.7. The van der Waals surface area contributed by atoms with E-state index in [0.717, 1.165) is 35.1 Å². The number of amides is 1. The molecule has 1 amide bonds. The molecular formula is C24H23N5O3S. The van der Waals surface area contributed by atoms with Gasteiger partial charge in [0.15, 0.2) is 11.0 Å². The Labute approximate surface area is 196 Å². The van der Waals surface area contributed by atoms with Crippen molar-refractivity contribution in [3.63, 3.8) is 0 Å². The van der Waals surface area contributed by atoms with E-state index in [1.54, 1.807) is 6.08 Å². The van der Waals surface area contributed by atoms with E-state index in [2.05, 4.69) is 34.1 Å². The average molecular weight is 462 g/mol. The number of nitrogens with one attached hydrogen (secondary N) is 1. The number of aliphatic imine (C=N–C) groups is 1. The van der Waals surface area contributed by atoms with E-state index in [1.165, 1.54) is 22.3 Å². The molecular weight excluding hydrogens is 438 g/mol. The summed E-state index contributed by atoms with van der Waals surface area (Å²) in [7, 11) is 0. The van der Waals surface area contributed by atoms with Gasteiger partial charge in [-0.2, -0.15) is 10.0 Å². The summed E-state index contributed by atoms with van der Waals surface area (Å²) in [5, 5.41) is 15.7. The number of benzene rings is 2. The number of rotatable bonds is 4. The highest BCUT2D eigenvalue weighted by Gasteiger charge is 2.37. The van der Waals surface area contributed by atoms with Gasteiger partial charge in [0.25, 0.3) is 5.91 Å². The lowest BCUT2D eigenvalue weighted by Crippen LogP contribution is -2.39. The van der Waals surface area contributed by atoms with Crippen LogP contribution in [-0.4, -0.2) is 58.3 Å². The molecule has 0 aromatic heterocycles. The number of thioether (sulfide) groups is 1. The fourth-order valence-electron chi connectivity index (χ4n) is 3.54. The number of nitrogens with zero attached hydrogens (tertiary/aromatic N) is 4. The van der Waals surface area contributed by atoms with Crippen LogP contribution in [0.2, 0.25) is 0 Å². The van der Waals surface area contributed by atoms with Crippen molar-refractivity contribution in [3.05, 3.63) is 70.8 Å². The SMILES string of the molecule is Cc1ccc(COc2ccc(/C=C3/C(=N)N4N=C(N5CCOCC5)SC4=NC3=O)cc2)cc1. The molecule has 2 aromatic rings. The molecule has 0 aliphatic carbocycles. The van der Waals surface area contributed by atoms with Crippen LogP contribution in [0, 0.1) is 12.3 Å². The summed E-state index contributed by atoms with van der Waals surface area (Å²) in [6.07, 6.45) is 1.67. The average Bonchev–Trinajstić information content (AvgIpc) is 3.27. The Morgan fingerprint density at radius 2 is 1.82 bits per heavy atom. The molecule has 0 unspecified atom stereocenters. The first-order chi connectivity index (χ1) is 16.1. The maximum Gasteiger partial charge on any atom is 0.283 e. The monoisotopic (exact) mass is 461 g/mol. The van der Waals surface area contributed by atoms with Crippen molar-refractivity contribution in [2.75, 3.05) is 26.3 Å². The Morgan fingerprint density at radius 1 is 1.09 bits per heavy atom. The maximum atomic E-state index is 12.6. The van der Waals surface area contributed by atoms with Crippen LogP contribution in [0.5, 0.6) is 5.75 Å². The van der Waals surface area contributed by atoms with E-state index in [4.69, 9.17) is 14.9 Å². The zero-order valence-electron chi connectivity index (χ0n) is 18.2. The number of amidine groups is 3. The third-order valence-electron chi connectivity index (χ3n) is 5.44. The van der Waals surface area contributed by atoms with Crippen LogP contribution in [0.1, 0.15) is 16.7 Å². The highest BCUT2D eigenvalue weighted by atomic mass is 32.2. The first kappa shape index (κ1) is 21.4. The summed E-state index contributed by atoms with van der Waals surface area (Å²) in [6, 6.07) is 15.6. The van der Waals surface area contributed by atoms with Gasteiger partial charge in [-0.3, -0.25) is 10.2 Å². The van der Waals surface area contributed by atoms with E-state index >= 15 is 0 Å². The van der Waals surface area contributed by atoms with Gasteiger partial charge >= 0.3 is 0 Å². The van der Waals surface area contributed by atoms with Crippen molar-refractivity contribution < 1.29 is 14.3 Å². The Kier molecular flexibility index (Phi) is 5.97. The number of hydrazone groups is 1. The van der Waals surface area contributed by atoms with Gasteiger partial charge in [-0.1, -0.05) is 42.0 Å². The predicted octanol–water partition coefficient (Wildman–Crippen LogP) is 3.48. The molecule has 8 nitrogen and oxygen atoms in total. The van der Waals surface area contributed by atoms with Gasteiger partial charge in [-0.15, -0.1) is 5.10 Å². The standard InChI is InChI=1S/C24H23N5O3S/c1-16-2-4-18(5-3-16)15-32-19-8-6-17(7-9-19)14-20-21(25)29-23(26-22(20)30)33-24(27-29)28-10-12-31-13-11-28/h2-9,14,25H,10-13,15H2,1H3/b20-14-,25-21?. The summed E-state index contributed by atoms with van der Waals surface area (Å²) >= 11 is 1.31. The quantitative estimate of drug-likeness (QED) is 0.701.